The quantitative estimate of drug-likeness (QED) is 0.772. The molecule has 0 saturated carbocycles. The first-order valence-corrected chi connectivity index (χ1v) is 6.49. The van der Waals surface area contributed by atoms with E-state index >= 15 is 0 Å². The van der Waals surface area contributed by atoms with Crippen molar-refractivity contribution >= 4 is 11.3 Å². The van der Waals surface area contributed by atoms with Gasteiger partial charge >= 0.3 is 0 Å². The van der Waals surface area contributed by atoms with Crippen molar-refractivity contribution in [2.75, 3.05) is 13.7 Å². The summed E-state index contributed by atoms with van der Waals surface area (Å²) in [5, 5.41) is 14.6. The van der Waals surface area contributed by atoms with Gasteiger partial charge in [-0.05, 0) is 31.2 Å². The van der Waals surface area contributed by atoms with Crippen LogP contribution in [0.1, 0.15) is 31.6 Å². The Bertz CT molecular complexity index is 314. The van der Waals surface area contributed by atoms with E-state index < -0.39 is 0 Å². The average molecular weight is 243 g/mol. The molecule has 1 atom stereocenters. The summed E-state index contributed by atoms with van der Waals surface area (Å²) >= 11 is 1.69. The van der Waals surface area contributed by atoms with Crippen LogP contribution in [-0.2, 0) is 6.54 Å². The van der Waals surface area contributed by atoms with Crippen LogP contribution in [0.4, 0.5) is 0 Å². The maximum Gasteiger partial charge on any atom is 0.134 e. The van der Waals surface area contributed by atoms with Crippen LogP contribution in [0.3, 0.4) is 0 Å². The Hall–Kier alpha value is -0.580. The first-order valence-electron chi connectivity index (χ1n) is 5.61. The van der Waals surface area contributed by atoms with Crippen LogP contribution in [0.25, 0.3) is 0 Å². The molecule has 16 heavy (non-hydrogen) atoms. The highest BCUT2D eigenvalue weighted by Crippen LogP contribution is 2.25. The third-order valence-corrected chi connectivity index (χ3v) is 3.95. The number of aliphatic hydroxyl groups is 1. The first-order chi connectivity index (χ1) is 7.65. The Morgan fingerprint density at radius 3 is 2.88 bits per heavy atom. The molecule has 0 bridgehead atoms. The van der Waals surface area contributed by atoms with Crippen molar-refractivity contribution in [3.8, 4) is 5.75 Å². The highest BCUT2D eigenvalue weighted by molar-refractivity contribution is 7.10. The normalized spacial score (nSPS) is 14.8. The van der Waals surface area contributed by atoms with Gasteiger partial charge in [0, 0.05) is 18.7 Å². The Morgan fingerprint density at radius 2 is 2.31 bits per heavy atom. The summed E-state index contributed by atoms with van der Waals surface area (Å²) < 4.78 is 5.27. The molecule has 1 aromatic rings. The molecule has 1 aromatic heterocycles. The van der Waals surface area contributed by atoms with Gasteiger partial charge in [0.2, 0.25) is 0 Å². The molecule has 0 amide bonds. The summed E-state index contributed by atoms with van der Waals surface area (Å²) in [6, 6.07) is 1.98. The molecule has 0 saturated heterocycles. The molecular weight excluding hydrogens is 222 g/mol. The monoisotopic (exact) mass is 243 g/mol. The third kappa shape index (κ3) is 3.47. The van der Waals surface area contributed by atoms with Gasteiger partial charge in [-0.15, -0.1) is 11.3 Å². The summed E-state index contributed by atoms with van der Waals surface area (Å²) in [5.74, 6) is 0.944. The molecule has 1 rings (SSSR count). The molecule has 0 aliphatic heterocycles. The van der Waals surface area contributed by atoms with Gasteiger partial charge in [-0.1, -0.05) is 6.92 Å². The van der Waals surface area contributed by atoms with E-state index in [1.165, 1.54) is 4.88 Å². The van der Waals surface area contributed by atoms with Crippen molar-refractivity contribution in [3.63, 3.8) is 0 Å². The SMILES string of the molecule is CCC(C)(CCO)NCc1sccc1OC. The lowest BCUT2D eigenvalue weighted by Gasteiger charge is -2.29. The van der Waals surface area contributed by atoms with Crippen LogP contribution in [0.5, 0.6) is 5.75 Å². The average Bonchev–Trinajstić information content (AvgIpc) is 2.74. The van der Waals surface area contributed by atoms with E-state index in [4.69, 9.17) is 9.84 Å². The standard InChI is InChI=1S/C12H21NO2S/c1-4-12(2,6-7-14)13-9-11-10(15-3)5-8-16-11/h5,8,13-14H,4,6-7,9H2,1-3H3. The van der Waals surface area contributed by atoms with E-state index in [0.29, 0.717) is 0 Å². The van der Waals surface area contributed by atoms with Crippen molar-refractivity contribution in [3.05, 3.63) is 16.3 Å². The largest absolute Gasteiger partial charge is 0.496 e. The maximum absolute atomic E-state index is 9.03. The summed E-state index contributed by atoms with van der Waals surface area (Å²) in [6.07, 6.45) is 1.78. The van der Waals surface area contributed by atoms with Gasteiger partial charge < -0.3 is 15.2 Å². The fraction of sp³-hybridized carbons (Fsp3) is 0.667. The van der Waals surface area contributed by atoms with Gasteiger partial charge in [-0.25, -0.2) is 0 Å². The fourth-order valence-electron chi connectivity index (χ4n) is 1.57. The molecule has 0 aliphatic rings. The molecule has 0 aliphatic carbocycles. The van der Waals surface area contributed by atoms with Gasteiger partial charge in [-0.3, -0.25) is 0 Å². The third-order valence-electron chi connectivity index (χ3n) is 3.04. The molecule has 0 aromatic carbocycles. The number of aliphatic hydroxyl groups excluding tert-OH is 1. The minimum absolute atomic E-state index is 0.00372. The van der Waals surface area contributed by atoms with Crippen LogP contribution < -0.4 is 10.1 Å². The number of ether oxygens (including phenoxy) is 1. The minimum atomic E-state index is 0.00372. The van der Waals surface area contributed by atoms with E-state index in [1.807, 2.05) is 11.4 Å². The molecule has 0 radical (unpaired) electrons. The second kappa shape index (κ2) is 6.23. The first kappa shape index (κ1) is 13.5. The van der Waals surface area contributed by atoms with Gasteiger partial charge in [0.25, 0.3) is 0 Å². The topological polar surface area (TPSA) is 41.5 Å². The Morgan fingerprint density at radius 1 is 1.56 bits per heavy atom. The number of methoxy groups -OCH3 is 1. The summed E-state index contributed by atoms with van der Waals surface area (Å²) in [4.78, 5) is 1.21. The summed E-state index contributed by atoms with van der Waals surface area (Å²) in [7, 11) is 1.69. The van der Waals surface area contributed by atoms with Gasteiger partial charge in [0.15, 0.2) is 0 Å². The lowest BCUT2D eigenvalue weighted by atomic mass is 9.95. The molecule has 0 spiro atoms. The van der Waals surface area contributed by atoms with Gasteiger partial charge in [0.05, 0.1) is 12.0 Å². The van der Waals surface area contributed by atoms with Crippen LogP contribution in [0, 0.1) is 0 Å². The Labute approximate surface area is 101 Å². The molecular formula is C12H21NO2S. The molecule has 4 heteroatoms. The predicted molar refractivity (Wildman–Crippen MR) is 68.1 cm³/mol. The molecule has 3 nitrogen and oxygen atoms in total. The molecule has 0 fully saturated rings. The number of hydrogen-bond donors (Lipinski definition) is 2. The Balaban J connectivity index is 2.55. The van der Waals surface area contributed by atoms with Crippen molar-refractivity contribution in [2.24, 2.45) is 0 Å². The van der Waals surface area contributed by atoms with E-state index in [-0.39, 0.29) is 12.1 Å². The second-order valence-electron chi connectivity index (χ2n) is 4.15. The van der Waals surface area contributed by atoms with E-state index in [2.05, 4.69) is 19.2 Å². The number of nitrogens with one attached hydrogen (secondary N) is 1. The predicted octanol–water partition coefficient (Wildman–Crippen LogP) is 2.40. The van der Waals surface area contributed by atoms with Crippen molar-refractivity contribution in [1.82, 2.24) is 5.32 Å². The van der Waals surface area contributed by atoms with Gasteiger partial charge in [0.1, 0.15) is 5.75 Å². The van der Waals surface area contributed by atoms with Crippen LogP contribution in [-0.4, -0.2) is 24.4 Å². The zero-order valence-corrected chi connectivity index (χ0v) is 11.1. The van der Waals surface area contributed by atoms with E-state index in [1.54, 1.807) is 18.4 Å². The number of hydrogen-bond acceptors (Lipinski definition) is 4. The zero-order chi connectivity index (χ0) is 12.0. The number of rotatable bonds is 7. The zero-order valence-electron chi connectivity index (χ0n) is 10.2. The summed E-state index contributed by atoms with van der Waals surface area (Å²) in [5.41, 5.74) is 0.00372. The highest BCUT2D eigenvalue weighted by Gasteiger charge is 2.21. The summed E-state index contributed by atoms with van der Waals surface area (Å²) in [6.45, 7) is 5.29. The Kier molecular flexibility index (Phi) is 5.25. The molecule has 2 N–H and O–H groups in total. The molecule has 1 unspecified atom stereocenters. The molecule has 92 valence electrons. The van der Waals surface area contributed by atoms with E-state index in [0.717, 1.165) is 25.1 Å². The van der Waals surface area contributed by atoms with E-state index in [9.17, 15) is 0 Å². The molecule has 1 heterocycles. The fourth-order valence-corrected chi connectivity index (χ4v) is 2.35. The lowest BCUT2D eigenvalue weighted by Crippen LogP contribution is -2.41. The van der Waals surface area contributed by atoms with Crippen molar-refractivity contribution in [2.45, 2.75) is 38.8 Å². The van der Waals surface area contributed by atoms with Crippen molar-refractivity contribution < 1.29 is 9.84 Å². The minimum Gasteiger partial charge on any atom is -0.496 e. The van der Waals surface area contributed by atoms with Crippen molar-refractivity contribution in [1.29, 1.82) is 0 Å². The number of thiophene rings is 1. The second-order valence-corrected chi connectivity index (χ2v) is 5.15. The van der Waals surface area contributed by atoms with Crippen LogP contribution in [0.2, 0.25) is 0 Å². The van der Waals surface area contributed by atoms with Crippen LogP contribution >= 0.6 is 11.3 Å². The highest BCUT2D eigenvalue weighted by atomic mass is 32.1. The van der Waals surface area contributed by atoms with Gasteiger partial charge in [-0.2, -0.15) is 0 Å². The van der Waals surface area contributed by atoms with Crippen LogP contribution in [0.15, 0.2) is 11.4 Å². The maximum atomic E-state index is 9.03. The smallest absolute Gasteiger partial charge is 0.134 e. The lowest BCUT2D eigenvalue weighted by molar-refractivity contribution is 0.214.